The zero-order valence-electron chi connectivity index (χ0n) is 10.4. The molecule has 0 bridgehead atoms. The second-order valence-corrected chi connectivity index (χ2v) is 3.87. The molecule has 0 saturated carbocycles. The van der Waals surface area contributed by atoms with Crippen LogP contribution >= 0.6 is 0 Å². The van der Waals surface area contributed by atoms with Crippen molar-refractivity contribution < 1.29 is 14.7 Å². The first-order valence-corrected chi connectivity index (χ1v) is 5.66. The van der Waals surface area contributed by atoms with E-state index in [4.69, 9.17) is 0 Å². The summed E-state index contributed by atoms with van der Waals surface area (Å²) in [7, 11) is 0. The molecular formula is C12H8N4O5. The third kappa shape index (κ3) is 2.97. The first kappa shape index (κ1) is 14.1. The fourth-order valence-corrected chi connectivity index (χ4v) is 1.65. The molecule has 0 N–H and O–H groups in total. The smallest absolute Gasteiger partial charge is 0.377 e. The van der Waals surface area contributed by atoms with Crippen LogP contribution in [-0.4, -0.2) is 14.7 Å². The van der Waals surface area contributed by atoms with Gasteiger partial charge < -0.3 is 5.21 Å². The summed E-state index contributed by atoms with van der Waals surface area (Å²) in [6.45, 7) is 0. The Morgan fingerprint density at radius 2 is 1.48 bits per heavy atom. The fraction of sp³-hybridized carbons (Fsp3) is 0. The summed E-state index contributed by atoms with van der Waals surface area (Å²) in [5.41, 5.74) is -1.77. The zero-order valence-corrected chi connectivity index (χ0v) is 10.4. The van der Waals surface area contributed by atoms with E-state index >= 15 is 0 Å². The second kappa shape index (κ2) is 5.74. The molecule has 0 aromatic heterocycles. The van der Waals surface area contributed by atoms with E-state index in [1.807, 2.05) is 0 Å². The highest BCUT2D eigenvalue weighted by atomic mass is 16.6. The molecule has 9 nitrogen and oxygen atoms in total. The molecule has 2 aromatic carbocycles. The molecule has 2 aromatic rings. The zero-order chi connectivity index (χ0) is 15.4. The van der Waals surface area contributed by atoms with E-state index in [0.717, 1.165) is 6.07 Å². The van der Waals surface area contributed by atoms with E-state index < -0.39 is 21.2 Å². The van der Waals surface area contributed by atoms with Crippen molar-refractivity contribution in [2.75, 3.05) is 0 Å². The van der Waals surface area contributed by atoms with Crippen molar-refractivity contribution in [1.82, 2.24) is 0 Å². The van der Waals surface area contributed by atoms with Crippen molar-refractivity contribution in [3.63, 3.8) is 0 Å². The largest absolute Gasteiger partial charge is 0.594 e. The van der Waals surface area contributed by atoms with E-state index in [1.165, 1.54) is 24.3 Å². The van der Waals surface area contributed by atoms with E-state index in [9.17, 15) is 25.4 Å². The molecule has 9 heteroatoms. The van der Waals surface area contributed by atoms with Crippen LogP contribution in [-0.2, 0) is 0 Å². The molecule has 0 spiro atoms. The van der Waals surface area contributed by atoms with E-state index in [-0.39, 0.29) is 16.2 Å². The highest BCUT2D eigenvalue weighted by Gasteiger charge is 2.30. The molecule has 0 unspecified atom stereocenters. The van der Waals surface area contributed by atoms with Crippen LogP contribution in [0.2, 0.25) is 0 Å². The summed E-state index contributed by atoms with van der Waals surface area (Å²) in [5, 5.41) is 37.1. The maximum atomic E-state index is 11.8. The van der Waals surface area contributed by atoms with E-state index in [2.05, 4.69) is 5.11 Å². The van der Waals surface area contributed by atoms with Crippen LogP contribution in [0.15, 0.2) is 53.6 Å². The SMILES string of the molecule is O=[N+]([O-])c1cccc(N=[N+]([O-])c2ccccc2)c1[N+](=O)[O-]. The lowest BCUT2D eigenvalue weighted by atomic mass is 10.2. The van der Waals surface area contributed by atoms with Crippen LogP contribution in [0, 0.1) is 25.4 Å². The molecule has 0 fully saturated rings. The number of nitro groups is 2. The predicted octanol–water partition coefficient (Wildman–Crippen LogP) is 3.43. The van der Waals surface area contributed by atoms with Gasteiger partial charge in [0.1, 0.15) is 0 Å². The molecule has 21 heavy (non-hydrogen) atoms. The molecule has 0 aliphatic carbocycles. The summed E-state index contributed by atoms with van der Waals surface area (Å²) >= 11 is 0. The Labute approximate surface area is 117 Å². The molecule has 0 aliphatic rings. The van der Waals surface area contributed by atoms with Gasteiger partial charge in [0.2, 0.25) is 11.4 Å². The molecular weight excluding hydrogens is 280 g/mol. The molecule has 0 aliphatic heterocycles. The summed E-state index contributed by atoms with van der Waals surface area (Å²) in [4.78, 5) is 20.1. The Morgan fingerprint density at radius 3 is 2.05 bits per heavy atom. The van der Waals surface area contributed by atoms with Crippen molar-refractivity contribution >= 4 is 22.7 Å². The second-order valence-electron chi connectivity index (χ2n) is 3.87. The molecule has 0 amide bonds. The summed E-state index contributed by atoms with van der Waals surface area (Å²) in [6, 6.07) is 11.2. The Bertz CT molecular complexity index is 730. The molecule has 2 rings (SSSR count). The molecule has 106 valence electrons. The summed E-state index contributed by atoms with van der Waals surface area (Å²) in [5.74, 6) is 0. The van der Waals surface area contributed by atoms with Gasteiger partial charge in [-0.1, -0.05) is 24.3 Å². The highest BCUT2D eigenvalue weighted by Crippen LogP contribution is 2.36. The Hall–Kier alpha value is -3.36. The molecule has 0 saturated heterocycles. The average molecular weight is 288 g/mol. The minimum Gasteiger partial charge on any atom is -0.594 e. The van der Waals surface area contributed by atoms with Crippen molar-refractivity contribution in [1.29, 1.82) is 0 Å². The quantitative estimate of drug-likeness (QED) is 0.368. The van der Waals surface area contributed by atoms with Gasteiger partial charge in [-0.25, -0.2) is 0 Å². The Morgan fingerprint density at radius 1 is 0.810 bits per heavy atom. The lowest BCUT2D eigenvalue weighted by Gasteiger charge is -2.00. The van der Waals surface area contributed by atoms with Gasteiger partial charge in [0, 0.05) is 23.3 Å². The highest BCUT2D eigenvalue weighted by molar-refractivity contribution is 5.68. The lowest BCUT2D eigenvalue weighted by molar-refractivity contribution is -0.439. The van der Waals surface area contributed by atoms with Crippen LogP contribution in [0.1, 0.15) is 0 Å². The van der Waals surface area contributed by atoms with Crippen molar-refractivity contribution in [2.24, 2.45) is 5.11 Å². The normalized spacial score (nSPS) is 11.1. The van der Waals surface area contributed by atoms with Crippen LogP contribution in [0.25, 0.3) is 0 Å². The molecule has 0 heterocycles. The number of rotatable bonds is 4. The average Bonchev–Trinajstić information content (AvgIpc) is 2.47. The van der Waals surface area contributed by atoms with Gasteiger partial charge in [0.25, 0.3) is 0 Å². The van der Waals surface area contributed by atoms with E-state index in [1.54, 1.807) is 18.2 Å². The standard InChI is InChI=1S/C12H8N4O5/c17-14(9-5-2-1-3-6-9)13-10-7-4-8-11(15(18)19)12(10)16(20)21/h1-8H. The number of hydrogen-bond acceptors (Lipinski definition) is 6. The minimum atomic E-state index is -0.935. The van der Waals surface area contributed by atoms with Gasteiger partial charge >= 0.3 is 11.4 Å². The van der Waals surface area contributed by atoms with Crippen LogP contribution in [0.3, 0.4) is 0 Å². The van der Waals surface area contributed by atoms with Gasteiger partial charge in [-0.3, -0.25) is 20.2 Å². The summed E-state index contributed by atoms with van der Waals surface area (Å²) < 4.78 is 0. The van der Waals surface area contributed by atoms with Gasteiger partial charge in [-0.2, -0.15) is 0 Å². The third-order valence-corrected chi connectivity index (χ3v) is 2.55. The first-order valence-electron chi connectivity index (χ1n) is 5.66. The topological polar surface area (TPSA) is 125 Å². The van der Waals surface area contributed by atoms with E-state index in [0.29, 0.717) is 0 Å². The lowest BCUT2D eigenvalue weighted by Crippen LogP contribution is -1.98. The Balaban J connectivity index is 2.57. The maximum Gasteiger partial charge on any atom is 0.377 e. The van der Waals surface area contributed by atoms with Crippen LogP contribution < -0.4 is 0 Å². The van der Waals surface area contributed by atoms with Gasteiger partial charge in [-0.15, -0.1) is 0 Å². The number of para-hydroxylation sites is 2. The van der Waals surface area contributed by atoms with Crippen molar-refractivity contribution in [3.05, 3.63) is 74.0 Å². The van der Waals surface area contributed by atoms with Gasteiger partial charge in [-0.05, 0) is 10.9 Å². The van der Waals surface area contributed by atoms with Gasteiger partial charge in [0.15, 0.2) is 0 Å². The maximum absolute atomic E-state index is 11.8. The Kier molecular flexibility index (Phi) is 3.84. The third-order valence-electron chi connectivity index (χ3n) is 2.55. The van der Waals surface area contributed by atoms with Crippen LogP contribution in [0.5, 0.6) is 0 Å². The number of nitrogens with zero attached hydrogens (tertiary/aromatic N) is 4. The van der Waals surface area contributed by atoms with Crippen molar-refractivity contribution in [2.45, 2.75) is 0 Å². The fourth-order valence-electron chi connectivity index (χ4n) is 1.65. The number of nitro benzene ring substituents is 2. The van der Waals surface area contributed by atoms with Gasteiger partial charge in [0.05, 0.1) is 9.85 Å². The first-order chi connectivity index (χ1) is 10.0. The van der Waals surface area contributed by atoms with Crippen LogP contribution in [0.4, 0.5) is 22.7 Å². The number of hydrogen-bond donors (Lipinski definition) is 0. The van der Waals surface area contributed by atoms with Crippen molar-refractivity contribution in [3.8, 4) is 0 Å². The molecule has 0 radical (unpaired) electrons. The monoisotopic (exact) mass is 288 g/mol. The predicted molar refractivity (Wildman–Crippen MR) is 71.6 cm³/mol. The molecule has 0 atom stereocenters. The summed E-state index contributed by atoms with van der Waals surface area (Å²) in [6.07, 6.45) is 0. The number of azo groups is 1. The minimum absolute atomic E-state index is 0.151. The number of benzene rings is 2.